The zero-order valence-corrected chi connectivity index (χ0v) is 15.1. The van der Waals surface area contributed by atoms with Gasteiger partial charge in [-0.1, -0.05) is 18.2 Å². The summed E-state index contributed by atoms with van der Waals surface area (Å²) in [7, 11) is 0. The molecule has 1 aromatic carbocycles. The molecule has 2 aliphatic rings. The van der Waals surface area contributed by atoms with Crippen LogP contribution < -0.4 is 0 Å². The maximum Gasteiger partial charge on any atom is 0.342 e. The average Bonchev–Trinajstić information content (AvgIpc) is 2.89. The number of ether oxygens (including phenoxy) is 4. The van der Waals surface area contributed by atoms with Crippen LogP contribution in [0.1, 0.15) is 31.1 Å². The van der Waals surface area contributed by atoms with E-state index in [2.05, 4.69) is 0 Å². The van der Waals surface area contributed by atoms with E-state index in [1.54, 1.807) is 24.3 Å². The van der Waals surface area contributed by atoms with Crippen molar-refractivity contribution in [3.8, 4) is 0 Å². The molecule has 0 saturated carbocycles. The molecule has 0 bridgehead atoms. The van der Waals surface area contributed by atoms with Crippen LogP contribution in [0.15, 0.2) is 41.5 Å². The van der Waals surface area contributed by atoms with Gasteiger partial charge in [-0.25, -0.2) is 4.79 Å². The Morgan fingerprint density at radius 3 is 2.64 bits per heavy atom. The van der Waals surface area contributed by atoms with Gasteiger partial charge in [0.15, 0.2) is 11.9 Å². The van der Waals surface area contributed by atoms with Gasteiger partial charge in [-0.05, 0) is 26.0 Å². The summed E-state index contributed by atoms with van der Waals surface area (Å²) in [5.74, 6) is -1.02. The lowest BCUT2D eigenvalue weighted by Gasteiger charge is -2.31. The van der Waals surface area contributed by atoms with E-state index in [1.807, 2.05) is 19.9 Å². The van der Waals surface area contributed by atoms with Crippen LogP contribution in [0.25, 0.3) is 0 Å². The average molecular weight is 364 g/mol. The van der Waals surface area contributed by atoms with E-state index in [0.717, 1.165) is 0 Å². The second kappa shape index (κ2) is 7.19. The number of rotatable bonds is 3. The van der Waals surface area contributed by atoms with Gasteiger partial charge in [0.2, 0.25) is 0 Å². The van der Waals surface area contributed by atoms with Crippen molar-refractivity contribution < 1.29 is 28.5 Å². The first-order chi connectivity index (χ1) is 11.9. The fourth-order valence-electron chi connectivity index (χ4n) is 2.83. The Balaban J connectivity index is 1.77. The van der Waals surface area contributed by atoms with Crippen LogP contribution in [-0.2, 0) is 23.7 Å². The number of carbonyl (C=O) groups excluding carboxylic acids is 2. The van der Waals surface area contributed by atoms with Gasteiger partial charge in [0, 0.05) is 12.7 Å². The Bertz CT molecular complexity index is 684. The predicted octanol–water partition coefficient (Wildman–Crippen LogP) is 2.88. The van der Waals surface area contributed by atoms with Crippen molar-refractivity contribution in [2.75, 3.05) is 5.75 Å². The van der Waals surface area contributed by atoms with Gasteiger partial charge < -0.3 is 18.9 Å². The highest BCUT2D eigenvalue weighted by atomic mass is 32.2. The Hall–Kier alpha value is -1.83. The third kappa shape index (κ3) is 4.23. The van der Waals surface area contributed by atoms with E-state index in [1.165, 1.54) is 24.9 Å². The Kier molecular flexibility index (Phi) is 5.17. The molecule has 2 heterocycles. The van der Waals surface area contributed by atoms with Crippen LogP contribution in [-0.4, -0.2) is 41.8 Å². The standard InChI is InChI=1S/C18H20O6S/c1-11(19)22-16-14(9-21-17(20)12-7-5-4-6-8-12)25-10-13-15(16)24-18(2,3)23-13/h4-9,13,15-16H,10H2,1-3H3/b14-9-/t13-,15+,16+/m0/s1. The molecule has 0 aliphatic carbocycles. The van der Waals surface area contributed by atoms with Crippen LogP contribution in [0.2, 0.25) is 0 Å². The van der Waals surface area contributed by atoms with E-state index >= 15 is 0 Å². The van der Waals surface area contributed by atoms with Crippen LogP contribution in [0, 0.1) is 0 Å². The van der Waals surface area contributed by atoms with E-state index in [4.69, 9.17) is 18.9 Å². The second-order valence-corrected chi connectivity index (χ2v) is 7.36. The molecule has 3 atom stereocenters. The molecular weight excluding hydrogens is 344 g/mol. The number of hydrogen-bond donors (Lipinski definition) is 0. The number of carbonyl (C=O) groups is 2. The topological polar surface area (TPSA) is 71.1 Å². The Morgan fingerprint density at radius 1 is 1.24 bits per heavy atom. The lowest BCUT2D eigenvalue weighted by molar-refractivity contribution is -0.165. The Labute approximate surface area is 150 Å². The number of hydrogen-bond acceptors (Lipinski definition) is 7. The fourth-order valence-corrected chi connectivity index (χ4v) is 3.91. The largest absolute Gasteiger partial charge is 0.454 e. The summed E-state index contributed by atoms with van der Waals surface area (Å²) < 4.78 is 22.4. The SMILES string of the molecule is CC(=O)O[C@@H]1/C(=C/OC(=O)c2ccccc2)SC[C@@H]2OC(C)(C)O[C@H]21. The van der Waals surface area contributed by atoms with Gasteiger partial charge in [0.1, 0.15) is 18.5 Å². The summed E-state index contributed by atoms with van der Waals surface area (Å²) in [5, 5.41) is 0. The van der Waals surface area contributed by atoms with Crippen LogP contribution in [0.3, 0.4) is 0 Å². The lowest BCUT2D eigenvalue weighted by Crippen LogP contribution is -2.43. The smallest absolute Gasteiger partial charge is 0.342 e. The third-order valence-corrected chi connectivity index (χ3v) is 4.96. The quantitative estimate of drug-likeness (QED) is 0.603. The molecule has 6 nitrogen and oxygen atoms in total. The Morgan fingerprint density at radius 2 is 1.96 bits per heavy atom. The third-order valence-electron chi connectivity index (χ3n) is 3.80. The van der Waals surface area contributed by atoms with E-state index in [9.17, 15) is 9.59 Å². The summed E-state index contributed by atoms with van der Waals surface area (Å²) in [6, 6.07) is 8.69. The molecule has 0 amide bonds. The van der Waals surface area contributed by atoms with Crippen molar-refractivity contribution in [3.05, 3.63) is 47.1 Å². The zero-order valence-electron chi connectivity index (χ0n) is 14.3. The molecule has 0 radical (unpaired) electrons. The minimum atomic E-state index is -0.746. The van der Waals surface area contributed by atoms with Gasteiger partial charge >= 0.3 is 11.9 Å². The molecular formula is C18H20O6S. The highest BCUT2D eigenvalue weighted by Crippen LogP contribution is 2.42. The first-order valence-electron chi connectivity index (χ1n) is 7.97. The number of benzene rings is 1. The van der Waals surface area contributed by atoms with Crippen LogP contribution >= 0.6 is 11.8 Å². The predicted molar refractivity (Wildman–Crippen MR) is 91.8 cm³/mol. The zero-order chi connectivity index (χ0) is 18.0. The minimum absolute atomic E-state index is 0.189. The van der Waals surface area contributed by atoms with E-state index in [0.29, 0.717) is 16.2 Å². The number of fused-ring (bicyclic) bond motifs is 1. The van der Waals surface area contributed by atoms with Crippen LogP contribution in [0.4, 0.5) is 0 Å². The summed E-state index contributed by atoms with van der Waals surface area (Å²) >= 11 is 1.43. The monoisotopic (exact) mass is 364 g/mol. The maximum atomic E-state index is 12.1. The van der Waals surface area contributed by atoms with Gasteiger partial charge in [-0.2, -0.15) is 0 Å². The summed E-state index contributed by atoms with van der Waals surface area (Å²) in [4.78, 5) is 24.2. The molecule has 0 unspecified atom stereocenters. The number of esters is 2. The molecule has 134 valence electrons. The molecule has 7 heteroatoms. The highest BCUT2D eigenvalue weighted by molar-refractivity contribution is 8.03. The maximum absolute atomic E-state index is 12.1. The normalized spacial score (nSPS) is 29.1. The van der Waals surface area contributed by atoms with Gasteiger partial charge in [-0.3, -0.25) is 4.79 Å². The molecule has 3 rings (SSSR count). The molecule has 0 N–H and O–H groups in total. The summed E-state index contributed by atoms with van der Waals surface area (Å²) in [6.45, 7) is 4.97. The van der Waals surface area contributed by atoms with Crippen molar-refractivity contribution in [2.24, 2.45) is 0 Å². The molecule has 2 saturated heterocycles. The van der Waals surface area contributed by atoms with Crippen molar-refractivity contribution in [2.45, 2.75) is 44.9 Å². The van der Waals surface area contributed by atoms with Crippen molar-refractivity contribution >= 4 is 23.7 Å². The summed E-state index contributed by atoms with van der Waals surface area (Å²) in [6.07, 6.45) is 0.0677. The first kappa shape index (κ1) is 18.0. The molecule has 0 aromatic heterocycles. The van der Waals surface area contributed by atoms with Crippen molar-refractivity contribution in [1.82, 2.24) is 0 Å². The van der Waals surface area contributed by atoms with Crippen LogP contribution in [0.5, 0.6) is 0 Å². The molecule has 25 heavy (non-hydrogen) atoms. The highest BCUT2D eigenvalue weighted by Gasteiger charge is 2.50. The van der Waals surface area contributed by atoms with E-state index in [-0.39, 0.29) is 6.10 Å². The molecule has 0 spiro atoms. The fraction of sp³-hybridized carbons (Fsp3) is 0.444. The lowest BCUT2D eigenvalue weighted by atomic mass is 10.1. The molecule has 2 fully saturated rings. The minimum Gasteiger partial charge on any atom is -0.454 e. The van der Waals surface area contributed by atoms with Gasteiger partial charge in [0.25, 0.3) is 0 Å². The second-order valence-electron chi connectivity index (χ2n) is 6.27. The molecule has 2 aliphatic heterocycles. The molecule has 1 aromatic rings. The van der Waals surface area contributed by atoms with Gasteiger partial charge in [0.05, 0.1) is 10.5 Å². The first-order valence-corrected chi connectivity index (χ1v) is 8.96. The number of thioether (sulfide) groups is 1. The van der Waals surface area contributed by atoms with Crippen molar-refractivity contribution in [1.29, 1.82) is 0 Å². The summed E-state index contributed by atoms with van der Waals surface area (Å²) in [5.41, 5.74) is 0.448. The van der Waals surface area contributed by atoms with Gasteiger partial charge in [-0.15, -0.1) is 11.8 Å². The van der Waals surface area contributed by atoms with E-state index < -0.39 is 29.9 Å². The van der Waals surface area contributed by atoms with Crippen molar-refractivity contribution in [3.63, 3.8) is 0 Å².